The van der Waals surface area contributed by atoms with Crippen LogP contribution in [0.3, 0.4) is 0 Å². The van der Waals surface area contributed by atoms with Crippen LogP contribution in [0, 0.1) is 5.92 Å². The van der Waals surface area contributed by atoms with Crippen molar-refractivity contribution in [2.75, 3.05) is 20.7 Å². The maximum absolute atomic E-state index is 13.7. The van der Waals surface area contributed by atoms with E-state index in [0.717, 1.165) is 10.6 Å². The highest BCUT2D eigenvalue weighted by molar-refractivity contribution is 6.00. The largest absolute Gasteiger partial charge is 0.342 e. The van der Waals surface area contributed by atoms with Gasteiger partial charge in [-0.3, -0.25) is 28.9 Å². The van der Waals surface area contributed by atoms with Crippen LogP contribution in [-0.2, 0) is 30.4 Å². The fourth-order valence-corrected chi connectivity index (χ4v) is 4.32. The molecule has 1 aliphatic heterocycles. The molecule has 0 aromatic heterocycles. The van der Waals surface area contributed by atoms with Gasteiger partial charge in [0.05, 0.1) is 12.8 Å². The van der Waals surface area contributed by atoms with Gasteiger partial charge in [0.15, 0.2) is 0 Å². The zero-order valence-electron chi connectivity index (χ0n) is 21.9. The molecule has 1 N–H and O–H groups in total. The lowest BCUT2D eigenvalue weighted by atomic mass is 9.97. The van der Waals surface area contributed by atoms with Crippen LogP contribution in [0.2, 0.25) is 0 Å². The van der Waals surface area contributed by atoms with Crippen molar-refractivity contribution in [2.24, 2.45) is 5.92 Å². The standard InChI is InChI=1S/C28H34N4O5/c1-19(2)26-28(36)32(24(17-31(26)20(3)33)22-14-10-7-11-15-22)18-25(34)29-23(27(35)30(4)37-5)16-21-12-8-6-9-13-21/h6-15,17,19,23,26H,16,18H2,1-5H3,(H,29,34)/t23-,26?/m0/s1. The predicted molar refractivity (Wildman–Crippen MR) is 139 cm³/mol. The van der Waals surface area contributed by atoms with Crippen LogP contribution in [0.15, 0.2) is 66.9 Å². The normalized spacial score (nSPS) is 16.3. The van der Waals surface area contributed by atoms with E-state index >= 15 is 0 Å². The smallest absolute Gasteiger partial charge is 0.268 e. The molecular weight excluding hydrogens is 472 g/mol. The van der Waals surface area contributed by atoms with Crippen molar-refractivity contribution >= 4 is 29.3 Å². The predicted octanol–water partition coefficient (Wildman–Crippen LogP) is 2.45. The second-order valence-electron chi connectivity index (χ2n) is 9.25. The Balaban J connectivity index is 1.92. The van der Waals surface area contributed by atoms with E-state index < -0.39 is 23.9 Å². The topological polar surface area (TPSA) is 99.3 Å². The highest BCUT2D eigenvalue weighted by Crippen LogP contribution is 2.30. The van der Waals surface area contributed by atoms with Crippen molar-refractivity contribution in [1.29, 1.82) is 0 Å². The molecule has 37 heavy (non-hydrogen) atoms. The van der Waals surface area contributed by atoms with Crippen molar-refractivity contribution in [1.82, 2.24) is 20.2 Å². The van der Waals surface area contributed by atoms with E-state index in [1.807, 2.05) is 74.5 Å². The molecule has 196 valence electrons. The molecule has 2 atom stereocenters. The molecule has 2 aromatic carbocycles. The van der Waals surface area contributed by atoms with Gasteiger partial charge in [0.1, 0.15) is 18.6 Å². The van der Waals surface area contributed by atoms with Gasteiger partial charge in [-0.2, -0.15) is 0 Å². The molecule has 1 heterocycles. The Kier molecular flexibility index (Phi) is 9.19. The Morgan fingerprint density at radius 1 is 1.03 bits per heavy atom. The summed E-state index contributed by atoms with van der Waals surface area (Å²) < 4.78 is 0. The number of hydroxylamine groups is 2. The van der Waals surface area contributed by atoms with Crippen LogP contribution in [-0.4, -0.2) is 71.3 Å². The van der Waals surface area contributed by atoms with E-state index in [-0.39, 0.29) is 30.7 Å². The number of amides is 4. The Morgan fingerprint density at radius 2 is 1.62 bits per heavy atom. The molecule has 0 saturated heterocycles. The second-order valence-corrected chi connectivity index (χ2v) is 9.25. The van der Waals surface area contributed by atoms with Gasteiger partial charge in [-0.25, -0.2) is 5.06 Å². The van der Waals surface area contributed by atoms with E-state index in [1.165, 1.54) is 30.9 Å². The number of hydrogen-bond acceptors (Lipinski definition) is 5. The van der Waals surface area contributed by atoms with E-state index in [4.69, 9.17) is 4.84 Å². The highest BCUT2D eigenvalue weighted by atomic mass is 16.7. The lowest BCUT2D eigenvalue weighted by Crippen LogP contribution is -2.57. The first-order valence-corrected chi connectivity index (χ1v) is 12.2. The van der Waals surface area contributed by atoms with Gasteiger partial charge in [0.25, 0.3) is 11.8 Å². The zero-order chi connectivity index (χ0) is 27.1. The van der Waals surface area contributed by atoms with Gasteiger partial charge >= 0.3 is 0 Å². The van der Waals surface area contributed by atoms with Crippen LogP contribution in [0.4, 0.5) is 0 Å². The molecule has 9 heteroatoms. The molecule has 4 amide bonds. The number of nitrogens with zero attached hydrogens (tertiary/aromatic N) is 3. The number of likely N-dealkylation sites (N-methyl/N-ethyl adjacent to an activating group) is 1. The number of carbonyl (C=O) groups is 4. The second kappa shape index (κ2) is 12.3. The SMILES string of the molecule is CON(C)C(=O)[C@H](Cc1ccccc1)NC(=O)CN1C(=O)C(C(C)C)N(C(C)=O)C=C1c1ccccc1. The molecule has 9 nitrogen and oxygen atoms in total. The fraction of sp³-hybridized carbons (Fsp3) is 0.357. The Labute approximate surface area is 217 Å². The first kappa shape index (κ1) is 27.6. The zero-order valence-corrected chi connectivity index (χ0v) is 21.9. The molecule has 1 unspecified atom stereocenters. The van der Waals surface area contributed by atoms with Crippen molar-refractivity contribution in [3.05, 3.63) is 78.0 Å². The van der Waals surface area contributed by atoms with Crippen LogP contribution in [0.5, 0.6) is 0 Å². The molecule has 0 radical (unpaired) electrons. The Hall–Kier alpha value is -3.98. The summed E-state index contributed by atoms with van der Waals surface area (Å²) in [5.41, 5.74) is 1.99. The number of hydrogen-bond donors (Lipinski definition) is 1. The third kappa shape index (κ3) is 6.62. The first-order valence-electron chi connectivity index (χ1n) is 12.2. The molecule has 0 bridgehead atoms. The van der Waals surface area contributed by atoms with Crippen LogP contribution < -0.4 is 5.32 Å². The molecular formula is C28H34N4O5. The highest BCUT2D eigenvalue weighted by Gasteiger charge is 2.40. The van der Waals surface area contributed by atoms with E-state index in [9.17, 15) is 19.2 Å². The summed E-state index contributed by atoms with van der Waals surface area (Å²) in [6.45, 7) is 4.81. The van der Waals surface area contributed by atoms with Crippen LogP contribution >= 0.6 is 0 Å². The molecule has 0 aliphatic carbocycles. The minimum atomic E-state index is -0.904. The summed E-state index contributed by atoms with van der Waals surface area (Å²) >= 11 is 0. The number of benzene rings is 2. The minimum Gasteiger partial charge on any atom is -0.342 e. The molecule has 0 fully saturated rings. The van der Waals surface area contributed by atoms with Gasteiger partial charge in [-0.1, -0.05) is 74.5 Å². The molecule has 3 rings (SSSR count). The van der Waals surface area contributed by atoms with Gasteiger partial charge in [-0.05, 0) is 17.0 Å². The number of carbonyl (C=O) groups excluding carboxylic acids is 4. The van der Waals surface area contributed by atoms with Gasteiger partial charge in [0.2, 0.25) is 11.8 Å². The van der Waals surface area contributed by atoms with E-state index in [0.29, 0.717) is 11.3 Å². The maximum Gasteiger partial charge on any atom is 0.268 e. The van der Waals surface area contributed by atoms with E-state index in [2.05, 4.69) is 5.32 Å². The van der Waals surface area contributed by atoms with Crippen molar-refractivity contribution < 1.29 is 24.0 Å². The molecule has 0 spiro atoms. The summed E-state index contributed by atoms with van der Waals surface area (Å²) in [6, 6.07) is 16.8. The van der Waals surface area contributed by atoms with Crippen LogP contribution in [0.1, 0.15) is 31.9 Å². The Morgan fingerprint density at radius 3 is 2.16 bits per heavy atom. The molecule has 2 aromatic rings. The van der Waals surface area contributed by atoms with Crippen molar-refractivity contribution in [2.45, 2.75) is 39.3 Å². The summed E-state index contributed by atoms with van der Waals surface area (Å²) in [5, 5.41) is 3.85. The third-order valence-electron chi connectivity index (χ3n) is 6.24. The summed E-state index contributed by atoms with van der Waals surface area (Å²) in [5.74, 6) is -1.74. The summed E-state index contributed by atoms with van der Waals surface area (Å²) in [4.78, 5) is 60.3. The number of nitrogens with one attached hydrogen (secondary N) is 1. The monoisotopic (exact) mass is 506 g/mol. The lowest BCUT2D eigenvalue weighted by molar-refractivity contribution is -0.171. The summed E-state index contributed by atoms with van der Waals surface area (Å²) in [7, 11) is 2.84. The molecule has 1 aliphatic rings. The first-order chi connectivity index (χ1) is 17.6. The third-order valence-corrected chi connectivity index (χ3v) is 6.24. The average molecular weight is 507 g/mol. The maximum atomic E-state index is 13.7. The van der Waals surface area contributed by atoms with Crippen LogP contribution in [0.25, 0.3) is 5.70 Å². The average Bonchev–Trinajstić information content (AvgIpc) is 2.89. The molecule has 0 saturated carbocycles. The number of rotatable bonds is 9. The van der Waals surface area contributed by atoms with E-state index in [1.54, 1.807) is 6.20 Å². The lowest BCUT2D eigenvalue weighted by Gasteiger charge is -2.40. The fourth-order valence-electron chi connectivity index (χ4n) is 4.32. The van der Waals surface area contributed by atoms with Gasteiger partial charge in [0, 0.05) is 26.6 Å². The summed E-state index contributed by atoms with van der Waals surface area (Å²) in [6.07, 6.45) is 1.88. The van der Waals surface area contributed by atoms with Gasteiger partial charge in [-0.15, -0.1) is 0 Å². The van der Waals surface area contributed by atoms with Crippen molar-refractivity contribution in [3.63, 3.8) is 0 Å². The Bertz CT molecular complexity index is 1150. The quantitative estimate of drug-likeness (QED) is 0.527. The minimum absolute atomic E-state index is 0.182. The van der Waals surface area contributed by atoms with Crippen molar-refractivity contribution in [3.8, 4) is 0 Å². The van der Waals surface area contributed by atoms with Gasteiger partial charge < -0.3 is 10.2 Å².